The summed E-state index contributed by atoms with van der Waals surface area (Å²) in [6.07, 6.45) is 0.879. The van der Waals surface area contributed by atoms with E-state index in [2.05, 4.69) is 27.0 Å². The maximum Gasteiger partial charge on any atom is 0.226 e. The molecular formula is C19H37ClN6O3. The molecule has 0 aromatic heterocycles. The van der Waals surface area contributed by atoms with Crippen LogP contribution in [0.25, 0.3) is 0 Å². The maximum atomic E-state index is 10.0. The summed E-state index contributed by atoms with van der Waals surface area (Å²) in [6, 6.07) is 0. The van der Waals surface area contributed by atoms with Gasteiger partial charge < -0.3 is 24.4 Å². The summed E-state index contributed by atoms with van der Waals surface area (Å²) >= 11 is 6.45. The fourth-order valence-corrected chi connectivity index (χ4v) is 3.29. The number of aliphatic hydroxyl groups is 1. The maximum absolute atomic E-state index is 10.0. The minimum Gasteiger partial charge on any atom is -0.379 e. The molecule has 0 aliphatic carbocycles. The predicted octanol–water partition coefficient (Wildman–Crippen LogP) is 1.28. The number of morpholine rings is 1. The van der Waals surface area contributed by atoms with Gasteiger partial charge in [-0.1, -0.05) is 13.3 Å². The first kappa shape index (κ1) is 24.3. The molecule has 1 saturated heterocycles. The average Bonchev–Trinajstić information content (AvgIpc) is 2.66. The van der Waals surface area contributed by atoms with E-state index in [-0.39, 0.29) is 6.29 Å². The number of hydrogen-bond donors (Lipinski definition) is 2. The topological polar surface area (TPSA) is 85.2 Å². The summed E-state index contributed by atoms with van der Waals surface area (Å²) in [5, 5.41) is 13.4. The van der Waals surface area contributed by atoms with Gasteiger partial charge in [0.25, 0.3) is 0 Å². The summed E-state index contributed by atoms with van der Waals surface area (Å²) < 4.78 is 11.0. The Labute approximate surface area is 179 Å². The number of aliphatic imine (C=N–C) groups is 2. The van der Waals surface area contributed by atoms with Crippen LogP contribution in [0.4, 0.5) is 0 Å². The van der Waals surface area contributed by atoms with E-state index in [1.165, 1.54) is 0 Å². The molecule has 0 saturated carbocycles. The van der Waals surface area contributed by atoms with E-state index in [4.69, 9.17) is 26.1 Å². The summed E-state index contributed by atoms with van der Waals surface area (Å²) in [5.74, 6) is 0.631. The van der Waals surface area contributed by atoms with Crippen LogP contribution >= 0.6 is 11.6 Å². The van der Waals surface area contributed by atoms with Crippen LogP contribution in [-0.2, 0) is 9.47 Å². The summed E-state index contributed by atoms with van der Waals surface area (Å²) in [7, 11) is 1.91. The Hall–Kier alpha value is -0.970. The van der Waals surface area contributed by atoms with Crippen molar-refractivity contribution in [3.05, 3.63) is 0 Å². The number of nitrogens with one attached hydrogen (secondary N) is 1. The van der Waals surface area contributed by atoms with Gasteiger partial charge in [0, 0.05) is 39.8 Å². The molecule has 2 aliphatic heterocycles. The highest BCUT2D eigenvalue weighted by Crippen LogP contribution is 2.17. The second-order valence-electron chi connectivity index (χ2n) is 8.29. The number of ether oxygens (including phenoxy) is 2. The number of rotatable bonds is 9. The van der Waals surface area contributed by atoms with E-state index in [0.29, 0.717) is 37.6 Å². The number of hydrogen-bond acceptors (Lipinski definition) is 9. The highest BCUT2D eigenvalue weighted by molar-refractivity contribution is 6.65. The monoisotopic (exact) mass is 432 g/mol. The van der Waals surface area contributed by atoms with Crippen LogP contribution in [0.5, 0.6) is 0 Å². The minimum atomic E-state index is -1.02. The standard InChI is InChI=1S/C19H37ClN6O3/c1-6-7-9-25(10-8-21-18(27)29-19(2,3)4)16-22-15(20)24(5)17(23-16)26-11-13-28-14-12-26/h17-18,21,27H,6-14H2,1-5H3. The molecule has 0 spiro atoms. The number of nitrogens with zero attached hydrogens (tertiary/aromatic N) is 5. The number of amidine groups is 1. The van der Waals surface area contributed by atoms with Gasteiger partial charge in [0.2, 0.25) is 17.7 Å². The first-order chi connectivity index (χ1) is 13.7. The molecular weight excluding hydrogens is 396 g/mol. The van der Waals surface area contributed by atoms with Crippen LogP contribution in [-0.4, -0.2) is 102 Å². The quantitative estimate of drug-likeness (QED) is 0.419. The zero-order valence-electron chi connectivity index (χ0n) is 18.4. The fraction of sp³-hybridized carbons (Fsp3) is 0.895. The van der Waals surface area contributed by atoms with Crippen molar-refractivity contribution in [1.82, 2.24) is 20.0 Å². The molecule has 9 nitrogen and oxygen atoms in total. The highest BCUT2D eigenvalue weighted by atomic mass is 35.5. The third-order valence-electron chi connectivity index (χ3n) is 4.66. The summed E-state index contributed by atoms with van der Waals surface area (Å²) in [5.41, 5.74) is -0.421. The Balaban J connectivity index is 2.04. The molecule has 2 aliphatic rings. The Morgan fingerprint density at radius 1 is 1.34 bits per heavy atom. The zero-order chi connectivity index (χ0) is 21.4. The first-order valence-electron chi connectivity index (χ1n) is 10.4. The molecule has 0 bridgehead atoms. The van der Waals surface area contributed by atoms with E-state index in [0.717, 1.165) is 32.5 Å². The Morgan fingerprint density at radius 2 is 2.03 bits per heavy atom. The van der Waals surface area contributed by atoms with Crippen molar-refractivity contribution in [3.8, 4) is 0 Å². The largest absolute Gasteiger partial charge is 0.379 e. The van der Waals surface area contributed by atoms with Crippen molar-refractivity contribution in [3.63, 3.8) is 0 Å². The highest BCUT2D eigenvalue weighted by Gasteiger charge is 2.30. The molecule has 168 valence electrons. The van der Waals surface area contributed by atoms with Crippen molar-refractivity contribution < 1.29 is 14.6 Å². The molecule has 2 heterocycles. The Kier molecular flexibility index (Phi) is 9.58. The van der Waals surface area contributed by atoms with Crippen LogP contribution in [0.3, 0.4) is 0 Å². The lowest BCUT2D eigenvalue weighted by atomic mass is 10.2. The van der Waals surface area contributed by atoms with E-state index in [9.17, 15) is 5.11 Å². The van der Waals surface area contributed by atoms with E-state index >= 15 is 0 Å². The van der Waals surface area contributed by atoms with Gasteiger partial charge in [0.1, 0.15) is 0 Å². The molecule has 2 unspecified atom stereocenters. The summed E-state index contributed by atoms with van der Waals surface area (Å²) in [4.78, 5) is 15.7. The van der Waals surface area contributed by atoms with E-state index < -0.39 is 12.0 Å². The van der Waals surface area contributed by atoms with Gasteiger partial charge in [-0.3, -0.25) is 10.2 Å². The molecule has 0 aromatic carbocycles. The SMILES string of the molecule is CCCCN(CCNC(O)OC(C)(C)C)C1=NC(N2CCOCC2)N(C)C(Cl)=N1. The van der Waals surface area contributed by atoms with Gasteiger partial charge in [0.15, 0.2) is 6.29 Å². The zero-order valence-corrected chi connectivity index (χ0v) is 19.2. The van der Waals surface area contributed by atoms with E-state index in [1.54, 1.807) is 0 Å². The van der Waals surface area contributed by atoms with E-state index in [1.807, 2.05) is 32.7 Å². The number of aliphatic hydroxyl groups excluding tert-OH is 1. The van der Waals surface area contributed by atoms with Crippen LogP contribution in [0, 0.1) is 0 Å². The molecule has 0 amide bonds. The lowest BCUT2D eigenvalue weighted by Gasteiger charge is -2.40. The normalized spacial score (nSPS) is 22.3. The van der Waals surface area contributed by atoms with Gasteiger partial charge in [-0.2, -0.15) is 4.99 Å². The van der Waals surface area contributed by atoms with Gasteiger partial charge in [-0.15, -0.1) is 0 Å². The summed E-state index contributed by atoms with van der Waals surface area (Å²) in [6.45, 7) is 12.9. The van der Waals surface area contributed by atoms with Gasteiger partial charge in [0.05, 0.1) is 18.8 Å². The molecule has 2 N–H and O–H groups in total. The molecule has 0 aromatic rings. The molecule has 29 heavy (non-hydrogen) atoms. The lowest BCUT2D eigenvalue weighted by molar-refractivity contribution is -0.181. The molecule has 2 atom stereocenters. The van der Waals surface area contributed by atoms with Crippen molar-refractivity contribution in [1.29, 1.82) is 0 Å². The third-order valence-corrected chi connectivity index (χ3v) is 5.01. The Bertz CT molecular complexity index is 563. The second kappa shape index (κ2) is 11.4. The molecule has 0 radical (unpaired) electrons. The first-order valence-corrected chi connectivity index (χ1v) is 10.8. The number of unbranched alkanes of at least 4 members (excludes halogenated alkanes) is 1. The third kappa shape index (κ3) is 7.99. The van der Waals surface area contributed by atoms with Crippen LogP contribution in [0.2, 0.25) is 0 Å². The lowest BCUT2D eigenvalue weighted by Crippen LogP contribution is -2.54. The van der Waals surface area contributed by atoms with Crippen LogP contribution in [0.15, 0.2) is 9.98 Å². The molecule has 2 rings (SSSR count). The van der Waals surface area contributed by atoms with Gasteiger partial charge in [-0.25, -0.2) is 4.99 Å². The van der Waals surface area contributed by atoms with Crippen molar-refractivity contribution in [2.45, 2.75) is 58.8 Å². The van der Waals surface area contributed by atoms with Crippen molar-refractivity contribution in [2.75, 3.05) is 53.0 Å². The average molecular weight is 433 g/mol. The Morgan fingerprint density at radius 3 is 2.66 bits per heavy atom. The van der Waals surface area contributed by atoms with Crippen molar-refractivity contribution >= 4 is 22.9 Å². The predicted molar refractivity (Wildman–Crippen MR) is 116 cm³/mol. The number of halogens is 1. The smallest absolute Gasteiger partial charge is 0.226 e. The van der Waals surface area contributed by atoms with Crippen LogP contribution in [0.1, 0.15) is 40.5 Å². The van der Waals surface area contributed by atoms with Gasteiger partial charge >= 0.3 is 0 Å². The molecule has 10 heteroatoms. The number of guanidine groups is 1. The van der Waals surface area contributed by atoms with Crippen molar-refractivity contribution in [2.24, 2.45) is 9.98 Å². The fourth-order valence-electron chi connectivity index (χ4n) is 3.12. The molecule has 1 fully saturated rings. The van der Waals surface area contributed by atoms with Gasteiger partial charge in [-0.05, 0) is 38.8 Å². The minimum absolute atomic E-state index is 0.189. The second-order valence-corrected chi connectivity index (χ2v) is 8.63. The van der Waals surface area contributed by atoms with Crippen LogP contribution < -0.4 is 5.32 Å².